The summed E-state index contributed by atoms with van der Waals surface area (Å²) >= 11 is 0. The molecule has 0 saturated carbocycles. The van der Waals surface area contributed by atoms with Gasteiger partial charge in [0.2, 0.25) is 12.4 Å². The minimum atomic E-state index is -3.53. The number of benzene rings is 3. The molecule has 0 N–H and O–H groups in total. The fourth-order valence-corrected chi connectivity index (χ4v) is 5.79. The first-order valence-corrected chi connectivity index (χ1v) is 15.5. The maximum absolute atomic E-state index is 13.4. The maximum Gasteiger partial charge on any atom is 0.340 e. The van der Waals surface area contributed by atoms with E-state index in [9.17, 15) is 18.9 Å². The van der Waals surface area contributed by atoms with Gasteiger partial charge < -0.3 is 28.0 Å². The van der Waals surface area contributed by atoms with Crippen molar-refractivity contribution in [2.45, 2.75) is 31.8 Å². The minimum Gasteiger partial charge on any atom is -0.447 e. The van der Waals surface area contributed by atoms with Gasteiger partial charge in [-0.1, -0.05) is 60.7 Å². The number of carbonyl (C=O) groups excluding carboxylic acids is 3. The van der Waals surface area contributed by atoms with E-state index >= 15 is 0 Å². The molecular formula is C32H33O10P. The number of allylic oxidation sites excluding steroid dienone is 1. The summed E-state index contributed by atoms with van der Waals surface area (Å²) in [5, 5.41) is 0. The number of hydrogen-bond acceptors (Lipinski definition) is 10. The Hall–Kier alpha value is -4.08. The third kappa shape index (κ3) is 8.27. The van der Waals surface area contributed by atoms with Gasteiger partial charge in [0.1, 0.15) is 0 Å². The van der Waals surface area contributed by atoms with Gasteiger partial charge in [0, 0.05) is 0 Å². The molecule has 0 aromatic heterocycles. The van der Waals surface area contributed by atoms with E-state index in [2.05, 4.69) is 0 Å². The molecule has 3 atom stereocenters. The first-order valence-electron chi connectivity index (χ1n) is 13.8. The van der Waals surface area contributed by atoms with Crippen LogP contribution in [-0.2, 0) is 32.6 Å². The van der Waals surface area contributed by atoms with Crippen molar-refractivity contribution in [1.29, 1.82) is 0 Å². The van der Waals surface area contributed by atoms with Crippen LogP contribution in [0, 0.1) is 0 Å². The second kappa shape index (κ2) is 14.9. The van der Waals surface area contributed by atoms with Crippen LogP contribution in [0.15, 0.2) is 103 Å². The summed E-state index contributed by atoms with van der Waals surface area (Å²) in [6, 6.07) is 24.6. The summed E-state index contributed by atoms with van der Waals surface area (Å²) in [7, 11) is -3.53. The second-order valence-corrected chi connectivity index (χ2v) is 11.5. The Morgan fingerprint density at radius 3 is 1.72 bits per heavy atom. The fraction of sp³-hybridized carbons (Fsp3) is 0.281. The quantitative estimate of drug-likeness (QED) is 0.101. The van der Waals surface area contributed by atoms with Crippen molar-refractivity contribution in [2.24, 2.45) is 0 Å². The third-order valence-electron chi connectivity index (χ3n) is 6.35. The monoisotopic (exact) mass is 608 g/mol. The molecule has 3 aromatic carbocycles. The molecule has 0 unspecified atom stereocenters. The van der Waals surface area contributed by atoms with Crippen molar-refractivity contribution in [1.82, 2.24) is 0 Å². The smallest absolute Gasteiger partial charge is 0.340 e. The Bertz CT molecular complexity index is 1430. The van der Waals surface area contributed by atoms with E-state index in [0.29, 0.717) is 0 Å². The van der Waals surface area contributed by atoms with E-state index in [0.717, 1.165) is 0 Å². The molecule has 3 aromatic rings. The molecule has 1 aliphatic heterocycles. The van der Waals surface area contributed by atoms with Gasteiger partial charge in [0.05, 0.1) is 42.7 Å². The van der Waals surface area contributed by atoms with E-state index in [1.165, 1.54) is 12.2 Å². The van der Waals surface area contributed by atoms with Gasteiger partial charge in [0.15, 0.2) is 5.60 Å². The Morgan fingerprint density at radius 1 is 0.767 bits per heavy atom. The zero-order valence-electron chi connectivity index (χ0n) is 23.8. The Labute approximate surface area is 250 Å². The van der Waals surface area contributed by atoms with Crippen LogP contribution in [0.1, 0.15) is 44.9 Å². The predicted octanol–water partition coefficient (Wildman–Crippen LogP) is 5.84. The lowest BCUT2D eigenvalue weighted by atomic mass is 9.97. The molecule has 1 fully saturated rings. The van der Waals surface area contributed by atoms with Gasteiger partial charge in [-0.25, -0.2) is 14.4 Å². The highest BCUT2D eigenvalue weighted by molar-refractivity contribution is 7.54. The average Bonchev–Trinajstić information content (AvgIpc) is 3.34. The maximum atomic E-state index is 13.4. The third-order valence-corrected chi connectivity index (χ3v) is 8.31. The van der Waals surface area contributed by atoms with E-state index in [1.807, 2.05) is 0 Å². The molecule has 0 radical (unpaired) electrons. The molecule has 1 heterocycles. The Kier molecular flexibility index (Phi) is 11.0. The molecule has 10 nitrogen and oxygen atoms in total. The number of hydrogen-bond donors (Lipinski definition) is 0. The SMILES string of the molecule is CCOP(=O)(C/C=C/[C@@]1(OC(=O)c2ccccc2)CO[C@H](OC(=O)c2ccccc2)[C@@H]1OC(=O)c1ccccc1)OCC. The Balaban J connectivity index is 1.72. The minimum absolute atomic E-state index is 0.150. The number of carbonyl (C=O) groups is 3. The molecule has 0 bridgehead atoms. The molecule has 43 heavy (non-hydrogen) atoms. The lowest BCUT2D eigenvalue weighted by Crippen LogP contribution is -2.49. The zero-order valence-corrected chi connectivity index (χ0v) is 24.7. The molecule has 0 amide bonds. The lowest BCUT2D eigenvalue weighted by molar-refractivity contribution is -0.129. The Morgan fingerprint density at radius 2 is 1.23 bits per heavy atom. The van der Waals surface area contributed by atoms with Gasteiger partial charge in [-0.15, -0.1) is 0 Å². The zero-order chi connectivity index (χ0) is 30.7. The summed E-state index contributed by atoms with van der Waals surface area (Å²) < 4.78 is 47.3. The van der Waals surface area contributed by atoms with Gasteiger partial charge in [-0.2, -0.15) is 0 Å². The largest absolute Gasteiger partial charge is 0.447 e. The van der Waals surface area contributed by atoms with Crippen LogP contribution < -0.4 is 0 Å². The highest BCUT2D eigenvalue weighted by Gasteiger charge is 2.56. The molecule has 0 aliphatic carbocycles. The molecule has 226 valence electrons. The molecule has 0 spiro atoms. The summed E-state index contributed by atoms with van der Waals surface area (Å²) in [4.78, 5) is 39.6. The van der Waals surface area contributed by atoms with E-state index < -0.39 is 43.5 Å². The normalized spacial score (nSPS) is 20.0. The highest BCUT2D eigenvalue weighted by Crippen LogP contribution is 2.48. The second-order valence-electron chi connectivity index (χ2n) is 9.38. The van der Waals surface area contributed by atoms with Gasteiger partial charge in [-0.3, -0.25) is 4.57 Å². The average molecular weight is 609 g/mol. The fourth-order valence-electron chi connectivity index (χ4n) is 4.36. The van der Waals surface area contributed by atoms with Crippen molar-refractivity contribution in [3.05, 3.63) is 120 Å². The van der Waals surface area contributed by atoms with Crippen LogP contribution in [0.25, 0.3) is 0 Å². The molecule has 1 saturated heterocycles. The number of ether oxygens (including phenoxy) is 4. The summed E-state index contributed by atoms with van der Waals surface area (Å²) in [6.45, 7) is 3.33. The van der Waals surface area contributed by atoms with E-state index in [-0.39, 0.29) is 42.7 Å². The topological polar surface area (TPSA) is 124 Å². The van der Waals surface area contributed by atoms with Crippen LogP contribution in [0.4, 0.5) is 0 Å². The van der Waals surface area contributed by atoms with Crippen LogP contribution in [0.2, 0.25) is 0 Å². The van der Waals surface area contributed by atoms with Gasteiger partial charge in [0.25, 0.3) is 0 Å². The van der Waals surface area contributed by atoms with Crippen LogP contribution in [0.5, 0.6) is 0 Å². The van der Waals surface area contributed by atoms with Crippen LogP contribution in [0.3, 0.4) is 0 Å². The van der Waals surface area contributed by atoms with Crippen molar-refractivity contribution >= 4 is 25.5 Å². The van der Waals surface area contributed by atoms with Crippen molar-refractivity contribution in [3.63, 3.8) is 0 Å². The molecule has 1 aliphatic rings. The molecule has 4 rings (SSSR count). The summed E-state index contributed by atoms with van der Waals surface area (Å²) in [6.07, 6.45) is -0.210. The first-order chi connectivity index (χ1) is 20.8. The van der Waals surface area contributed by atoms with Crippen LogP contribution >= 0.6 is 7.60 Å². The van der Waals surface area contributed by atoms with Gasteiger partial charge >= 0.3 is 25.5 Å². The van der Waals surface area contributed by atoms with Crippen LogP contribution in [-0.4, -0.2) is 61.9 Å². The number of rotatable bonds is 13. The first kappa shape index (κ1) is 31.8. The van der Waals surface area contributed by atoms with E-state index in [1.54, 1.807) is 105 Å². The van der Waals surface area contributed by atoms with Gasteiger partial charge in [-0.05, 0) is 56.3 Å². The molecule has 11 heteroatoms. The summed E-state index contributed by atoms with van der Waals surface area (Å²) in [5.41, 5.74) is -1.11. The molecular weight excluding hydrogens is 575 g/mol. The van der Waals surface area contributed by atoms with Crippen molar-refractivity contribution in [3.8, 4) is 0 Å². The van der Waals surface area contributed by atoms with E-state index in [4.69, 9.17) is 28.0 Å². The highest BCUT2D eigenvalue weighted by atomic mass is 31.2. The summed E-state index contributed by atoms with van der Waals surface area (Å²) in [5.74, 6) is -2.25. The number of esters is 3. The van der Waals surface area contributed by atoms with Crippen molar-refractivity contribution < 1.29 is 46.9 Å². The van der Waals surface area contributed by atoms with Crippen molar-refractivity contribution in [2.75, 3.05) is 26.0 Å². The predicted molar refractivity (Wildman–Crippen MR) is 157 cm³/mol. The standard InChI is InChI=1S/C32H33O10P/c1-3-38-43(36,39-4-2)22-14-21-32(42-30(35)26-19-12-7-13-20-26)23-37-31(41-29(34)25-17-10-6-11-18-25)27(32)40-28(33)24-15-8-5-9-16-24/h5-21,27,31H,3-4,22-23H2,1-2H3/b21-14+/t27-,31+,32+/m0/s1. The lowest BCUT2D eigenvalue weighted by Gasteiger charge is -2.31.